The molecule has 0 unspecified atom stereocenters. The molecule has 0 saturated carbocycles. The fourth-order valence-electron chi connectivity index (χ4n) is 1.67. The smallest absolute Gasteiger partial charge is 0.187 e. The molecular weight excluding hydrogens is 312 g/mol. The van der Waals surface area contributed by atoms with Crippen molar-refractivity contribution >= 4 is 33.0 Å². The largest absolute Gasteiger partial charge is 0.294 e. The number of rotatable bonds is 5. The average molecular weight is 325 g/mol. The topological polar surface area (TPSA) is 33.2 Å². The molecule has 0 aliphatic rings. The number of pyridine rings is 1. The van der Waals surface area contributed by atoms with Crippen LogP contribution in [0.4, 0.5) is 0 Å². The first-order chi connectivity index (χ1) is 8.66. The van der Waals surface area contributed by atoms with Gasteiger partial charge in [-0.1, -0.05) is 6.07 Å². The molecular formula is C13H13BrN2OS. The van der Waals surface area contributed by atoms with E-state index < -0.39 is 0 Å². The van der Waals surface area contributed by atoms with Crippen LogP contribution >= 0.6 is 27.3 Å². The zero-order chi connectivity index (χ0) is 13.0. The Bertz CT molecular complexity index is 527. The monoisotopic (exact) mass is 324 g/mol. The van der Waals surface area contributed by atoms with Crippen molar-refractivity contribution in [3.63, 3.8) is 0 Å². The molecule has 0 fully saturated rings. The summed E-state index contributed by atoms with van der Waals surface area (Å²) in [5, 5.41) is 1.92. The number of ketones is 1. The quantitative estimate of drug-likeness (QED) is 0.792. The number of thiophene rings is 1. The molecule has 0 aliphatic heterocycles. The molecule has 0 radical (unpaired) electrons. The number of halogens is 1. The predicted molar refractivity (Wildman–Crippen MR) is 76.9 cm³/mol. The summed E-state index contributed by atoms with van der Waals surface area (Å²) in [5.41, 5.74) is 1.11. The fraction of sp³-hybridized carbons (Fsp3) is 0.231. The van der Waals surface area contributed by atoms with E-state index in [9.17, 15) is 4.79 Å². The van der Waals surface area contributed by atoms with E-state index in [0.717, 1.165) is 21.5 Å². The lowest BCUT2D eigenvalue weighted by atomic mass is 10.2. The maximum atomic E-state index is 12.1. The average Bonchev–Trinajstić information content (AvgIpc) is 2.76. The number of likely N-dealkylation sites (N-methyl/N-ethyl adjacent to an activating group) is 1. The Morgan fingerprint density at radius 1 is 1.50 bits per heavy atom. The standard InChI is InChI=1S/C13H13BrN2OS/c1-16(8-10-3-2-5-15-7-10)9-12(17)13-11(14)4-6-18-13/h2-7H,8-9H2,1H3. The molecule has 0 aliphatic carbocycles. The van der Waals surface area contributed by atoms with Crippen molar-refractivity contribution in [2.24, 2.45) is 0 Å². The number of carbonyl (C=O) groups excluding carboxylic acids is 1. The van der Waals surface area contributed by atoms with Crippen molar-refractivity contribution < 1.29 is 4.79 Å². The molecule has 0 bridgehead atoms. The highest BCUT2D eigenvalue weighted by molar-refractivity contribution is 9.10. The third-order valence-corrected chi connectivity index (χ3v) is 4.34. The van der Waals surface area contributed by atoms with E-state index in [2.05, 4.69) is 20.9 Å². The van der Waals surface area contributed by atoms with E-state index in [-0.39, 0.29) is 5.78 Å². The van der Waals surface area contributed by atoms with Gasteiger partial charge in [0.2, 0.25) is 0 Å². The predicted octanol–water partition coefficient (Wildman–Crippen LogP) is 3.22. The molecule has 0 aromatic carbocycles. The van der Waals surface area contributed by atoms with Gasteiger partial charge >= 0.3 is 0 Å². The summed E-state index contributed by atoms with van der Waals surface area (Å²) in [7, 11) is 1.94. The third kappa shape index (κ3) is 3.48. The number of hydrogen-bond donors (Lipinski definition) is 0. The van der Waals surface area contributed by atoms with E-state index in [0.29, 0.717) is 6.54 Å². The summed E-state index contributed by atoms with van der Waals surface area (Å²) in [5.74, 6) is 0.142. The van der Waals surface area contributed by atoms with Crippen molar-refractivity contribution in [3.8, 4) is 0 Å². The van der Waals surface area contributed by atoms with Gasteiger partial charge in [0.05, 0.1) is 11.4 Å². The molecule has 2 aromatic heterocycles. The van der Waals surface area contributed by atoms with Crippen molar-refractivity contribution in [1.82, 2.24) is 9.88 Å². The fourth-order valence-corrected chi connectivity index (χ4v) is 3.19. The zero-order valence-corrected chi connectivity index (χ0v) is 12.4. The molecule has 0 saturated heterocycles. The molecule has 2 rings (SSSR count). The van der Waals surface area contributed by atoms with Crippen LogP contribution in [0.15, 0.2) is 40.4 Å². The Balaban J connectivity index is 1.94. The molecule has 94 valence electrons. The molecule has 0 atom stereocenters. The number of carbonyl (C=O) groups is 1. The van der Waals surface area contributed by atoms with Crippen molar-refractivity contribution in [3.05, 3.63) is 50.9 Å². The van der Waals surface area contributed by atoms with Crippen LogP contribution in [0.2, 0.25) is 0 Å². The summed E-state index contributed by atoms with van der Waals surface area (Å²) in [6.45, 7) is 1.14. The van der Waals surface area contributed by atoms with Crippen molar-refractivity contribution in [1.29, 1.82) is 0 Å². The van der Waals surface area contributed by atoms with Crippen LogP contribution in [0, 0.1) is 0 Å². The second-order valence-corrected chi connectivity index (χ2v) is 5.82. The van der Waals surface area contributed by atoms with Gasteiger partial charge in [0.25, 0.3) is 0 Å². The first-order valence-electron chi connectivity index (χ1n) is 5.50. The summed E-state index contributed by atoms with van der Waals surface area (Å²) in [4.78, 5) is 18.9. The Labute approximate surface area is 119 Å². The van der Waals surface area contributed by atoms with Gasteiger partial charge in [0, 0.05) is 23.4 Å². The first-order valence-corrected chi connectivity index (χ1v) is 7.17. The van der Waals surface area contributed by atoms with Gasteiger partial charge < -0.3 is 0 Å². The Morgan fingerprint density at radius 2 is 2.33 bits per heavy atom. The second kappa shape index (κ2) is 6.22. The summed E-state index contributed by atoms with van der Waals surface area (Å²) >= 11 is 4.86. The van der Waals surface area contributed by atoms with E-state index in [1.165, 1.54) is 11.3 Å². The number of aromatic nitrogens is 1. The van der Waals surface area contributed by atoms with Gasteiger partial charge in [0.15, 0.2) is 5.78 Å². The highest BCUT2D eigenvalue weighted by Gasteiger charge is 2.13. The molecule has 0 amide bonds. The molecule has 0 spiro atoms. The van der Waals surface area contributed by atoms with Crippen LogP contribution < -0.4 is 0 Å². The Kier molecular flexibility index (Phi) is 4.63. The maximum absolute atomic E-state index is 12.1. The Morgan fingerprint density at radius 3 is 2.94 bits per heavy atom. The van der Waals surface area contributed by atoms with E-state index in [1.54, 1.807) is 6.20 Å². The zero-order valence-electron chi connectivity index (χ0n) is 9.97. The SMILES string of the molecule is CN(CC(=O)c1sccc1Br)Cc1cccnc1. The highest BCUT2D eigenvalue weighted by Crippen LogP contribution is 2.23. The van der Waals surface area contributed by atoms with Crippen LogP contribution in [0.25, 0.3) is 0 Å². The Hall–Kier alpha value is -1.04. The van der Waals surface area contributed by atoms with E-state index in [4.69, 9.17) is 0 Å². The summed E-state index contributed by atoms with van der Waals surface area (Å²) < 4.78 is 0.882. The number of hydrogen-bond acceptors (Lipinski definition) is 4. The van der Waals surface area contributed by atoms with E-state index in [1.807, 2.05) is 41.7 Å². The molecule has 5 heteroatoms. The molecule has 0 N–H and O–H groups in total. The minimum absolute atomic E-state index is 0.142. The maximum Gasteiger partial charge on any atom is 0.187 e. The van der Waals surface area contributed by atoms with Crippen LogP contribution in [-0.4, -0.2) is 29.3 Å². The van der Waals surface area contributed by atoms with Crippen LogP contribution in [-0.2, 0) is 6.54 Å². The van der Waals surface area contributed by atoms with Gasteiger partial charge in [-0.05, 0) is 46.1 Å². The third-order valence-electron chi connectivity index (χ3n) is 2.46. The van der Waals surface area contributed by atoms with Crippen LogP contribution in [0.3, 0.4) is 0 Å². The summed E-state index contributed by atoms with van der Waals surface area (Å²) in [6.07, 6.45) is 3.57. The second-order valence-electron chi connectivity index (χ2n) is 4.05. The number of nitrogens with zero attached hydrogens (tertiary/aromatic N) is 2. The van der Waals surface area contributed by atoms with Gasteiger partial charge in [-0.3, -0.25) is 14.7 Å². The lowest BCUT2D eigenvalue weighted by Crippen LogP contribution is -2.25. The minimum atomic E-state index is 0.142. The van der Waals surface area contributed by atoms with Crippen molar-refractivity contribution in [2.45, 2.75) is 6.54 Å². The minimum Gasteiger partial charge on any atom is -0.294 e. The van der Waals surface area contributed by atoms with Crippen LogP contribution in [0.5, 0.6) is 0 Å². The summed E-state index contributed by atoms with van der Waals surface area (Å²) in [6, 6.07) is 5.81. The molecule has 2 aromatic rings. The van der Waals surface area contributed by atoms with Gasteiger partial charge in [-0.15, -0.1) is 11.3 Å². The molecule has 2 heterocycles. The van der Waals surface area contributed by atoms with Gasteiger partial charge in [-0.25, -0.2) is 0 Å². The lowest BCUT2D eigenvalue weighted by Gasteiger charge is -2.15. The first kappa shape index (κ1) is 13.4. The van der Waals surface area contributed by atoms with Crippen molar-refractivity contribution in [2.75, 3.05) is 13.6 Å². The van der Waals surface area contributed by atoms with Crippen LogP contribution in [0.1, 0.15) is 15.2 Å². The molecule has 3 nitrogen and oxygen atoms in total. The lowest BCUT2D eigenvalue weighted by molar-refractivity contribution is 0.0946. The van der Waals surface area contributed by atoms with E-state index >= 15 is 0 Å². The molecule has 18 heavy (non-hydrogen) atoms. The van der Waals surface area contributed by atoms with Gasteiger partial charge in [-0.2, -0.15) is 0 Å². The van der Waals surface area contributed by atoms with Gasteiger partial charge in [0.1, 0.15) is 0 Å². The normalized spacial score (nSPS) is 10.8. The highest BCUT2D eigenvalue weighted by atomic mass is 79.9. The number of Topliss-reactive ketones (excluding diaryl/α,β-unsaturated/α-hetero) is 1.